The molecule has 1 heterocycles. The van der Waals surface area contributed by atoms with Crippen LogP contribution in [0.5, 0.6) is 0 Å². The molecule has 4 aliphatic rings. The molecule has 0 radical (unpaired) electrons. The molecular weight excluding hydrogens is 366 g/mol. The molecule has 3 aromatic carbocycles. The average molecular weight is 390 g/mol. The Kier molecular flexibility index (Phi) is 5.17. The summed E-state index contributed by atoms with van der Waals surface area (Å²) in [6.45, 7) is 0. The molecule has 3 nitrogen and oxygen atoms in total. The van der Waals surface area contributed by atoms with E-state index in [1.54, 1.807) is 0 Å². The summed E-state index contributed by atoms with van der Waals surface area (Å²) in [5, 5.41) is 9.07. The van der Waals surface area contributed by atoms with Crippen molar-refractivity contribution in [2.75, 3.05) is 0 Å². The van der Waals surface area contributed by atoms with Gasteiger partial charge in [-0.25, -0.2) is 0 Å². The van der Waals surface area contributed by atoms with Gasteiger partial charge in [-0.1, -0.05) is 48.5 Å². The Morgan fingerprint density at radius 3 is 2.10 bits per heavy atom. The lowest BCUT2D eigenvalue weighted by atomic mass is 9.90. The molecule has 1 aromatic heterocycles. The third kappa shape index (κ3) is 4.06. The van der Waals surface area contributed by atoms with Crippen LogP contribution in [0.2, 0.25) is 0 Å². The van der Waals surface area contributed by atoms with Gasteiger partial charge in [0.25, 0.3) is 0 Å². The standard InChI is InChI=1S/C27H23N3/c1-2-4-25(5-3-1)29-30-27-19-21-7-11-22-10-6-20(8-12-24(27)13-9-21)18-26(22)23-14-16-28-17-15-23/h1-6,9-10,13-19H,7-8,11-12H2. The second kappa shape index (κ2) is 8.42. The van der Waals surface area contributed by atoms with Crippen molar-refractivity contribution in [3.8, 4) is 11.1 Å². The van der Waals surface area contributed by atoms with Crippen LogP contribution < -0.4 is 0 Å². The first kappa shape index (κ1) is 18.4. The van der Waals surface area contributed by atoms with Crippen LogP contribution in [-0.4, -0.2) is 4.98 Å². The SMILES string of the molecule is c1ccc(N=Nc2cc3ccc2CCc2ccc(c(-c4ccncc4)c2)CC3)cc1. The minimum absolute atomic E-state index is 0.881. The summed E-state index contributed by atoms with van der Waals surface area (Å²) in [5.41, 5.74) is 9.70. The van der Waals surface area contributed by atoms with Gasteiger partial charge >= 0.3 is 0 Å². The molecule has 4 aromatic rings. The van der Waals surface area contributed by atoms with Gasteiger partial charge in [0.05, 0.1) is 11.4 Å². The Hall–Kier alpha value is -3.59. The van der Waals surface area contributed by atoms with Crippen LogP contribution in [0.1, 0.15) is 22.3 Å². The number of aromatic nitrogens is 1. The van der Waals surface area contributed by atoms with Crippen molar-refractivity contribution >= 4 is 11.4 Å². The van der Waals surface area contributed by atoms with Gasteiger partial charge in [-0.05, 0) is 89.4 Å². The highest BCUT2D eigenvalue weighted by molar-refractivity contribution is 5.68. The topological polar surface area (TPSA) is 37.6 Å². The van der Waals surface area contributed by atoms with Crippen LogP contribution in [0.4, 0.5) is 11.4 Å². The van der Waals surface area contributed by atoms with Crippen molar-refractivity contribution in [1.29, 1.82) is 0 Å². The first-order valence-electron chi connectivity index (χ1n) is 10.5. The zero-order chi connectivity index (χ0) is 20.2. The van der Waals surface area contributed by atoms with Crippen LogP contribution in [0.15, 0.2) is 101 Å². The molecule has 0 atom stereocenters. The van der Waals surface area contributed by atoms with Crippen molar-refractivity contribution in [3.05, 3.63) is 114 Å². The zero-order valence-corrected chi connectivity index (χ0v) is 16.8. The van der Waals surface area contributed by atoms with E-state index in [2.05, 4.69) is 63.7 Å². The summed E-state index contributed by atoms with van der Waals surface area (Å²) >= 11 is 0. The summed E-state index contributed by atoms with van der Waals surface area (Å²) in [7, 11) is 0. The summed E-state index contributed by atoms with van der Waals surface area (Å²) in [4.78, 5) is 4.18. The second-order valence-corrected chi connectivity index (χ2v) is 7.73. The lowest BCUT2D eigenvalue weighted by Crippen LogP contribution is -2.00. The molecule has 0 fully saturated rings. The number of pyridine rings is 1. The number of benzene rings is 3. The lowest BCUT2D eigenvalue weighted by molar-refractivity contribution is 0.919. The number of azo groups is 1. The Bertz CT molecular complexity index is 1180. The molecule has 0 amide bonds. The van der Waals surface area contributed by atoms with E-state index < -0.39 is 0 Å². The van der Waals surface area contributed by atoms with E-state index in [0.717, 1.165) is 37.1 Å². The van der Waals surface area contributed by atoms with Crippen LogP contribution >= 0.6 is 0 Å². The van der Waals surface area contributed by atoms with Gasteiger partial charge in [0.2, 0.25) is 0 Å². The van der Waals surface area contributed by atoms with E-state index in [1.165, 1.54) is 33.4 Å². The summed E-state index contributed by atoms with van der Waals surface area (Å²) in [5.74, 6) is 0. The fourth-order valence-corrected chi connectivity index (χ4v) is 4.03. The van der Waals surface area contributed by atoms with E-state index in [-0.39, 0.29) is 0 Å². The Balaban J connectivity index is 1.49. The Labute approximate surface area is 177 Å². The normalized spacial score (nSPS) is 13.3. The summed E-state index contributed by atoms with van der Waals surface area (Å²) < 4.78 is 0. The van der Waals surface area contributed by atoms with Crippen LogP contribution in [0.3, 0.4) is 0 Å². The maximum Gasteiger partial charge on any atom is 0.0891 e. The average Bonchev–Trinajstić information content (AvgIpc) is 2.80. The third-order valence-electron chi connectivity index (χ3n) is 5.71. The monoisotopic (exact) mass is 389 g/mol. The predicted molar refractivity (Wildman–Crippen MR) is 122 cm³/mol. The first-order chi connectivity index (χ1) is 14.8. The van der Waals surface area contributed by atoms with Crippen LogP contribution in [0.25, 0.3) is 11.1 Å². The maximum atomic E-state index is 4.61. The molecule has 8 rings (SSSR count). The number of hydrogen-bond donors (Lipinski definition) is 0. The minimum atomic E-state index is 0.881. The van der Waals surface area contributed by atoms with E-state index in [4.69, 9.17) is 0 Å². The van der Waals surface area contributed by atoms with E-state index >= 15 is 0 Å². The molecule has 4 bridgehead atoms. The number of aryl methyl sites for hydroxylation is 4. The third-order valence-corrected chi connectivity index (χ3v) is 5.71. The maximum absolute atomic E-state index is 4.61. The van der Waals surface area contributed by atoms with Gasteiger partial charge in [0.1, 0.15) is 0 Å². The molecule has 3 heteroatoms. The van der Waals surface area contributed by atoms with E-state index in [1.807, 2.05) is 42.7 Å². The van der Waals surface area contributed by atoms with E-state index in [0.29, 0.717) is 0 Å². The summed E-state index contributed by atoms with van der Waals surface area (Å²) in [6.07, 6.45) is 7.64. The minimum Gasteiger partial charge on any atom is -0.265 e. The predicted octanol–water partition coefficient (Wildman–Crippen LogP) is 7.05. The van der Waals surface area contributed by atoms with Crippen molar-refractivity contribution in [1.82, 2.24) is 4.98 Å². The number of hydrogen-bond acceptors (Lipinski definition) is 3. The van der Waals surface area contributed by atoms with Gasteiger partial charge in [0, 0.05) is 12.4 Å². The molecule has 0 saturated heterocycles. The fraction of sp³-hybridized carbons (Fsp3) is 0.148. The van der Waals surface area contributed by atoms with Crippen molar-refractivity contribution < 1.29 is 0 Å². The molecule has 4 aliphatic carbocycles. The smallest absolute Gasteiger partial charge is 0.0891 e. The van der Waals surface area contributed by atoms with Gasteiger partial charge in [-0.3, -0.25) is 4.98 Å². The highest BCUT2D eigenvalue weighted by atomic mass is 15.1. The van der Waals surface area contributed by atoms with Crippen LogP contribution in [0, 0.1) is 0 Å². The highest BCUT2D eigenvalue weighted by Crippen LogP contribution is 2.30. The molecule has 0 saturated carbocycles. The van der Waals surface area contributed by atoms with E-state index in [9.17, 15) is 0 Å². The molecular formula is C27H23N3. The highest BCUT2D eigenvalue weighted by Gasteiger charge is 2.12. The molecule has 0 unspecified atom stereocenters. The molecule has 30 heavy (non-hydrogen) atoms. The van der Waals surface area contributed by atoms with Gasteiger partial charge in [-0.15, -0.1) is 0 Å². The first-order valence-corrected chi connectivity index (χ1v) is 10.5. The fourth-order valence-electron chi connectivity index (χ4n) is 4.03. The van der Waals surface area contributed by atoms with Gasteiger partial charge in [-0.2, -0.15) is 10.2 Å². The van der Waals surface area contributed by atoms with Gasteiger partial charge < -0.3 is 0 Å². The zero-order valence-electron chi connectivity index (χ0n) is 16.8. The molecule has 0 N–H and O–H groups in total. The van der Waals surface area contributed by atoms with Crippen molar-refractivity contribution in [2.45, 2.75) is 25.7 Å². The molecule has 0 spiro atoms. The second-order valence-electron chi connectivity index (χ2n) is 7.73. The van der Waals surface area contributed by atoms with Gasteiger partial charge in [0.15, 0.2) is 0 Å². The van der Waals surface area contributed by atoms with Crippen molar-refractivity contribution in [3.63, 3.8) is 0 Å². The van der Waals surface area contributed by atoms with Crippen LogP contribution in [-0.2, 0) is 25.7 Å². The van der Waals surface area contributed by atoms with Crippen molar-refractivity contribution in [2.24, 2.45) is 10.2 Å². The number of rotatable bonds is 3. The quantitative estimate of drug-likeness (QED) is 0.346. The summed E-state index contributed by atoms with van der Waals surface area (Å²) in [6, 6.07) is 27.7. The Morgan fingerprint density at radius 2 is 1.30 bits per heavy atom. The largest absolute Gasteiger partial charge is 0.265 e. The lowest BCUT2D eigenvalue weighted by Gasteiger charge is -2.15. The molecule has 0 aliphatic heterocycles. The number of nitrogens with zero attached hydrogens (tertiary/aromatic N) is 3. The Morgan fingerprint density at radius 1 is 0.600 bits per heavy atom. The molecule has 146 valence electrons.